The molecule has 5 nitrogen and oxygen atoms in total. The summed E-state index contributed by atoms with van der Waals surface area (Å²) in [5, 5.41) is 0.628. The minimum Gasteiger partial charge on any atom is -0.489 e. The molecule has 0 aliphatic rings. The molecule has 0 fully saturated rings. The summed E-state index contributed by atoms with van der Waals surface area (Å²) < 4.78 is 17.4. The Morgan fingerprint density at radius 1 is 0.721 bits per heavy atom. The molecule has 0 saturated heterocycles. The fraction of sp³-hybridized carbons (Fsp3) is 0.0526. The van der Waals surface area contributed by atoms with E-state index in [1.807, 2.05) is 91.0 Å². The predicted molar refractivity (Wildman–Crippen MR) is 168 cm³/mol. The third-order valence-corrected chi connectivity index (χ3v) is 7.08. The van der Waals surface area contributed by atoms with Gasteiger partial charge in [0, 0.05) is 10.9 Å². The number of fused-ring (bicyclic) bond motifs is 1. The standard InChI is InChI=1S/C38H28O5/c1-26-37(34-24-33(21-23-36(34)42-26)41-25-28-8-4-2-5-9-28)38(40)43-32-19-12-27(13-20-32)14-22-35(39)31-17-15-30(16-18-31)29-10-6-3-7-11-29/h2-24H,25H2,1H3/b22-14+. The second kappa shape index (κ2) is 12.5. The number of ether oxygens (including phenoxy) is 2. The maximum Gasteiger partial charge on any atom is 0.347 e. The molecule has 210 valence electrons. The molecule has 0 amide bonds. The molecule has 0 radical (unpaired) electrons. The molecule has 0 aliphatic heterocycles. The van der Waals surface area contributed by atoms with Gasteiger partial charge in [-0.3, -0.25) is 4.79 Å². The van der Waals surface area contributed by atoms with Gasteiger partial charge >= 0.3 is 5.97 Å². The highest BCUT2D eigenvalue weighted by atomic mass is 16.5. The lowest BCUT2D eigenvalue weighted by atomic mass is 10.0. The van der Waals surface area contributed by atoms with E-state index in [-0.39, 0.29) is 5.78 Å². The number of rotatable bonds is 9. The lowest BCUT2D eigenvalue weighted by Gasteiger charge is -2.07. The number of esters is 1. The van der Waals surface area contributed by atoms with Crippen molar-refractivity contribution in [3.63, 3.8) is 0 Å². The van der Waals surface area contributed by atoms with Gasteiger partial charge in [0.25, 0.3) is 0 Å². The van der Waals surface area contributed by atoms with E-state index in [4.69, 9.17) is 13.9 Å². The van der Waals surface area contributed by atoms with E-state index in [9.17, 15) is 9.59 Å². The molecule has 0 aliphatic carbocycles. The van der Waals surface area contributed by atoms with Gasteiger partial charge in [-0.25, -0.2) is 4.79 Å². The molecule has 0 unspecified atom stereocenters. The zero-order chi connectivity index (χ0) is 29.6. The second-order valence-corrected chi connectivity index (χ2v) is 10.1. The van der Waals surface area contributed by atoms with Crippen LogP contribution in [0.3, 0.4) is 0 Å². The Morgan fingerprint density at radius 2 is 1.37 bits per heavy atom. The van der Waals surface area contributed by atoms with Crippen molar-refractivity contribution in [3.05, 3.63) is 161 Å². The van der Waals surface area contributed by atoms with Crippen molar-refractivity contribution in [2.24, 2.45) is 0 Å². The van der Waals surface area contributed by atoms with E-state index in [2.05, 4.69) is 0 Å². The molecule has 0 N–H and O–H groups in total. The molecule has 0 atom stereocenters. The van der Waals surface area contributed by atoms with Crippen LogP contribution in [0.5, 0.6) is 11.5 Å². The van der Waals surface area contributed by atoms with Gasteiger partial charge in [0.1, 0.15) is 35.0 Å². The van der Waals surface area contributed by atoms with Gasteiger partial charge in [-0.05, 0) is 65.6 Å². The first-order valence-corrected chi connectivity index (χ1v) is 13.9. The zero-order valence-electron chi connectivity index (χ0n) is 23.5. The van der Waals surface area contributed by atoms with Crippen LogP contribution >= 0.6 is 0 Å². The molecular weight excluding hydrogens is 536 g/mol. The second-order valence-electron chi connectivity index (χ2n) is 10.1. The fourth-order valence-corrected chi connectivity index (χ4v) is 4.81. The highest BCUT2D eigenvalue weighted by Gasteiger charge is 2.21. The Balaban J connectivity index is 1.10. The molecule has 5 aromatic carbocycles. The smallest absolute Gasteiger partial charge is 0.347 e. The molecule has 0 spiro atoms. The predicted octanol–water partition coefficient (Wildman–Crippen LogP) is 9.10. The van der Waals surface area contributed by atoms with Gasteiger partial charge in [0.2, 0.25) is 0 Å². The lowest BCUT2D eigenvalue weighted by Crippen LogP contribution is -2.09. The summed E-state index contributed by atoms with van der Waals surface area (Å²) in [4.78, 5) is 25.9. The number of aryl methyl sites for hydroxylation is 1. The van der Waals surface area contributed by atoms with Crippen LogP contribution in [0.25, 0.3) is 28.2 Å². The maximum absolute atomic E-state index is 13.2. The molecular formula is C38H28O5. The molecule has 1 heterocycles. The van der Waals surface area contributed by atoms with E-state index in [1.54, 1.807) is 49.4 Å². The molecule has 6 aromatic rings. The third kappa shape index (κ3) is 6.47. The van der Waals surface area contributed by atoms with Crippen LogP contribution in [0, 0.1) is 6.92 Å². The average molecular weight is 565 g/mol. The molecule has 43 heavy (non-hydrogen) atoms. The number of carbonyl (C=O) groups is 2. The van der Waals surface area contributed by atoms with Crippen molar-refractivity contribution in [2.75, 3.05) is 0 Å². The quantitative estimate of drug-likeness (QED) is 0.0758. The monoisotopic (exact) mass is 564 g/mol. The minimum absolute atomic E-state index is 0.0930. The summed E-state index contributed by atoms with van der Waals surface area (Å²) in [6, 6.07) is 39.8. The van der Waals surface area contributed by atoms with Crippen LogP contribution in [0.1, 0.15) is 37.6 Å². The lowest BCUT2D eigenvalue weighted by molar-refractivity contribution is 0.0734. The normalized spacial score (nSPS) is 11.1. The first-order valence-electron chi connectivity index (χ1n) is 13.9. The van der Waals surface area contributed by atoms with Gasteiger partial charge in [0.15, 0.2) is 5.78 Å². The van der Waals surface area contributed by atoms with E-state index in [1.165, 1.54) is 6.08 Å². The molecule has 1 aromatic heterocycles. The van der Waals surface area contributed by atoms with Gasteiger partial charge in [-0.15, -0.1) is 0 Å². The van der Waals surface area contributed by atoms with Crippen LogP contribution in [0.15, 0.2) is 138 Å². The Morgan fingerprint density at radius 3 is 2.09 bits per heavy atom. The molecule has 5 heteroatoms. The Kier molecular flexibility index (Phi) is 7.96. The highest BCUT2D eigenvalue weighted by Crippen LogP contribution is 2.30. The number of benzene rings is 5. The van der Waals surface area contributed by atoms with Crippen LogP contribution in [0.2, 0.25) is 0 Å². The third-order valence-electron chi connectivity index (χ3n) is 7.08. The molecule has 0 bridgehead atoms. The topological polar surface area (TPSA) is 65.7 Å². The Bertz CT molecular complexity index is 1900. The number of hydrogen-bond donors (Lipinski definition) is 0. The first kappa shape index (κ1) is 27.5. The van der Waals surface area contributed by atoms with Gasteiger partial charge < -0.3 is 13.9 Å². The largest absolute Gasteiger partial charge is 0.489 e. The minimum atomic E-state index is -0.520. The van der Waals surface area contributed by atoms with E-state index in [0.717, 1.165) is 22.3 Å². The zero-order valence-corrected chi connectivity index (χ0v) is 23.5. The Hall–Kier alpha value is -5.68. The van der Waals surface area contributed by atoms with Gasteiger partial charge in [-0.1, -0.05) is 103 Å². The summed E-state index contributed by atoms with van der Waals surface area (Å²) in [6.45, 7) is 2.15. The van der Waals surface area contributed by atoms with Crippen molar-refractivity contribution >= 4 is 28.8 Å². The molecule has 6 rings (SSSR count). The van der Waals surface area contributed by atoms with E-state index < -0.39 is 5.97 Å². The maximum atomic E-state index is 13.2. The number of furan rings is 1. The van der Waals surface area contributed by atoms with Crippen LogP contribution < -0.4 is 9.47 Å². The van der Waals surface area contributed by atoms with Crippen molar-refractivity contribution < 1.29 is 23.5 Å². The summed E-state index contributed by atoms with van der Waals surface area (Å²) in [7, 11) is 0. The number of allylic oxidation sites excluding steroid dienone is 1. The van der Waals surface area contributed by atoms with Crippen molar-refractivity contribution in [1.29, 1.82) is 0 Å². The van der Waals surface area contributed by atoms with Crippen LogP contribution in [-0.2, 0) is 6.61 Å². The number of ketones is 1. The van der Waals surface area contributed by atoms with Crippen molar-refractivity contribution in [2.45, 2.75) is 13.5 Å². The van der Waals surface area contributed by atoms with E-state index in [0.29, 0.717) is 46.0 Å². The Labute approximate surface area is 249 Å². The SMILES string of the molecule is Cc1oc2ccc(OCc3ccccc3)cc2c1C(=O)Oc1ccc(/C=C/C(=O)c2ccc(-c3ccccc3)cc2)cc1. The van der Waals surface area contributed by atoms with Crippen LogP contribution in [-0.4, -0.2) is 11.8 Å². The van der Waals surface area contributed by atoms with Crippen molar-refractivity contribution in [1.82, 2.24) is 0 Å². The van der Waals surface area contributed by atoms with Gasteiger partial charge in [-0.2, -0.15) is 0 Å². The van der Waals surface area contributed by atoms with Crippen LogP contribution in [0.4, 0.5) is 0 Å². The molecule has 0 saturated carbocycles. The van der Waals surface area contributed by atoms with E-state index >= 15 is 0 Å². The van der Waals surface area contributed by atoms with Gasteiger partial charge in [0.05, 0.1) is 0 Å². The van der Waals surface area contributed by atoms with Crippen molar-refractivity contribution in [3.8, 4) is 22.6 Å². The average Bonchev–Trinajstić information content (AvgIpc) is 3.39. The highest BCUT2D eigenvalue weighted by molar-refractivity contribution is 6.07. The first-order chi connectivity index (χ1) is 21.0. The number of carbonyl (C=O) groups excluding carboxylic acids is 2. The summed E-state index contributed by atoms with van der Waals surface area (Å²) in [6.07, 6.45) is 3.28. The summed E-state index contributed by atoms with van der Waals surface area (Å²) >= 11 is 0. The number of hydrogen-bond acceptors (Lipinski definition) is 5. The summed E-state index contributed by atoms with van der Waals surface area (Å²) in [5.41, 5.74) is 5.56. The fourth-order valence-electron chi connectivity index (χ4n) is 4.81. The summed E-state index contributed by atoms with van der Waals surface area (Å²) in [5.74, 6) is 0.868.